The number of carboxylic acid groups (broad SMARTS) is 2. The average molecular weight is 487 g/mol. The number of rotatable bonds is 9. The molecule has 0 fully saturated rings. The summed E-state index contributed by atoms with van der Waals surface area (Å²) >= 11 is 0. The lowest BCUT2D eigenvalue weighted by molar-refractivity contribution is -0.136. The van der Waals surface area contributed by atoms with Gasteiger partial charge in [0.25, 0.3) is 0 Å². The van der Waals surface area contributed by atoms with Crippen LogP contribution in [0.5, 0.6) is 0 Å². The fraction of sp³-hybridized carbons (Fsp3) is 0.179. The van der Waals surface area contributed by atoms with Gasteiger partial charge in [-0.3, -0.25) is 9.59 Å². The molecule has 1 aromatic heterocycles. The van der Waals surface area contributed by atoms with Gasteiger partial charge in [0.2, 0.25) is 5.43 Å². The zero-order chi connectivity index (χ0) is 25.8. The van der Waals surface area contributed by atoms with Crippen molar-refractivity contribution in [1.29, 1.82) is 0 Å². The van der Waals surface area contributed by atoms with Gasteiger partial charge in [-0.2, -0.15) is 0 Å². The number of carbonyl (C=O) groups is 2. The minimum absolute atomic E-state index is 0.0635. The van der Waals surface area contributed by atoms with Crippen LogP contribution < -0.4 is 16.1 Å². The lowest BCUT2D eigenvalue weighted by Crippen LogP contribution is -2.17. The van der Waals surface area contributed by atoms with Crippen molar-refractivity contribution in [3.05, 3.63) is 93.6 Å². The van der Waals surface area contributed by atoms with E-state index in [1.165, 1.54) is 6.07 Å². The summed E-state index contributed by atoms with van der Waals surface area (Å²) in [4.78, 5) is 36.4. The molecule has 1 heterocycles. The quantitative estimate of drug-likeness (QED) is 0.243. The SMILES string of the molecule is Cc1cc(C(C)Nc2ccccc2C(=O)O)c2oc(-c3ccccc3)c(NCCC(=O)O)c(=O)c2c1. The summed E-state index contributed by atoms with van der Waals surface area (Å²) in [6.07, 6.45) is -0.158. The molecule has 1 unspecified atom stereocenters. The second kappa shape index (κ2) is 10.4. The normalized spacial score (nSPS) is 11.7. The number of benzene rings is 3. The molecule has 0 radical (unpaired) electrons. The Labute approximate surface area is 207 Å². The Morgan fingerprint density at radius 3 is 2.39 bits per heavy atom. The maximum absolute atomic E-state index is 13.7. The number of anilines is 2. The maximum Gasteiger partial charge on any atom is 0.337 e. The highest BCUT2D eigenvalue weighted by atomic mass is 16.4. The van der Waals surface area contributed by atoms with Crippen molar-refractivity contribution < 1.29 is 24.2 Å². The van der Waals surface area contributed by atoms with Crippen LogP contribution in [0.15, 0.2) is 75.9 Å². The molecule has 4 N–H and O–H groups in total. The van der Waals surface area contributed by atoms with Crippen LogP contribution in [0.3, 0.4) is 0 Å². The number of hydrogen-bond acceptors (Lipinski definition) is 6. The van der Waals surface area contributed by atoms with Gasteiger partial charge in [-0.05, 0) is 37.6 Å². The van der Waals surface area contributed by atoms with E-state index in [4.69, 9.17) is 9.52 Å². The third-order valence-corrected chi connectivity index (χ3v) is 5.84. The Hall–Kier alpha value is -4.59. The van der Waals surface area contributed by atoms with Gasteiger partial charge in [0.15, 0.2) is 5.76 Å². The van der Waals surface area contributed by atoms with E-state index >= 15 is 0 Å². The summed E-state index contributed by atoms with van der Waals surface area (Å²) in [7, 11) is 0. The molecule has 8 nitrogen and oxygen atoms in total. The molecule has 3 aromatic carbocycles. The molecule has 0 bridgehead atoms. The highest BCUT2D eigenvalue weighted by Crippen LogP contribution is 2.34. The Balaban J connectivity index is 1.88. The number of aliphatic carboxylic acids is 1. The number of aryl methyl sites for hydroxylation is 1. The molecule has 4 aromatic rings. The number of para-hydroxylation sites is 1. The largest absolute Gasteiger partial charge is 0.481 e. The summed E-state index contributed by atoms with van der Waals surface area (Å²) in [5.41, 5.74) is 3.04. The zero-order valence-corrected chi connectivity index (χ0v) is 19.9. The van der Waals surface area contributed by atoms with Crippen molar-refractivity contribution in [3.8, 4) is 11.3 Å². The van der Waals surface area contributed by atoms with E-state index in [1.54, 1.807) is 24.3 Å². The third-order valence-electron chi connectivity index (χ3n) is 5.84. The van der Waals surface area contributed by atoms with Crippen molar-refractivity contribution in [3.63, 3.8) is 0 Å². The Morgan fingerprint density at radius 1 is 1.00 bits per heavy atom. The number of hydrogen-bond donors (Lipinski definition) is 4. The minimum Gasteiger partial charge on any atom is -0.481 e. The third kappa shape index (κ3) is 5.07. The van der Waals surface area contributed by atoms with E-state index in [0.717, 1.165) is 5.56 Å². The van der Waals surface area contributed by atoms with Crippen molar-refractivity contribution in [2.24, 2.45) is 0 Å². The second-order valence-corrected chi connectivity index (χ2v) is 8.52. The highest BCUT2D eigenvalue weighted by molar-refractivity contribution is 5.94. The van der Waals surface area contributed by atoms with E-state index in [0.29, 0.717) is 33.5 Å². The highest BCUT2D eigenvalue weighted by Gasteiger charge is 2.22. The van der Waals surface area contributed by atoms with Gasteiger partial charge in [-0.25, -0.2) is 4.79 Å². The predicted molar refractivity (Wildman–Crippen MR) is 139 cm³/mol. The number of aromatic carboxylic acids is 1. The number of fused-ring (bicyclic) bond motifs is 1. The van der Waals surface area contributed by atoms with Crippen LogP contribution >= 0.6 is 0 Å². The zero-order valence-electron chi connectivity index (χ0n) is 19.9. The van der Waals surface area contributed by atoms with Crippen LogP contribution in [-0.4, -0.2) is 28.7 Å². The van der Waals surface area contributed by atoms with Crippen LogP contribution in [-0.2, 0) is 4.79 Å². The van der Waals surface area contributed by atoms with E-state index in [-0.39, 0.29) is 29.6 Å². The summed E-state index contributed by atoms with van der Waals surface area (Å²) in [6, 6.07) is 19.0. The predicted octanol–water partition coefficient (Wildman–Crippen LogP) is 5.53. The van der Waals surface area contributed by atoms with Gasteiger partial charge < -0.3 is 25.3 Å². The Bertz CT molecular complexity index is 1490. The lowest BCUT2D eigenvalue weighted by atomic mass is 9.99. The topological polar surface area (TPSA) is 129 Å². The van der Waals surface area contributed by atoms with Gasteiger partial charge >= 0.3 is 11.9 Å². The molecular weight excluding hydrogens is 460 g/mol. The molecule has 0 aliphatic rings. The number of carboxylic acids is 2. The second-order valence-electron chi connectivity index (χ2n) is 8.52. The monoisotopic (exact) mass is 486 g/mol. The van der Waals surface area contributed by atoms with Crippen molar-refractivity contribution >= 4 is 34.3 Å². The first-order chi connectivity index (χ1) is 17.3. The first kappa shape index (κ1) is 24.5. The fourth-order valence-corrected chi connectivity index (χ4v) is 4.15. The van der Waals surface area contributed by atoms with Crippen molar-refractivity contribution in [2.75, 3.05) is 17.2 Å². The van der Waals surface area contributed by atoms with Crippen molar-refractivity contribution in [2.45, 2.75) is 26.3 Å². The molecule has 1 atom stereocenters. The van der Waals surface area contributed by atoms with Gasteiger partial charge in [0.05, 0.1) is 23.4 Å². The Kier molecular flexibility index (Phi) is 7.05. The van der Waals surface area contributed by atoms with Crippen LogP contribution in [0, 0.1) is 6.92 Å². The first-order valence-corrected chi connectivity index (χ1v) is 11.5. The molecule has 184 valence electrons. The molecule has 0 saturated carbocycles. The molecule has 0 saturated heterocycles. The average Bonchev–Trinajstić information content (AvgIpc) is 2.85. The molecule has 0 spiro atoms. The van der Waals surface area contributed by atoms with Crippen LogP contribution in [0.2, 0.25) is 0 Å². The van der Waals surface area contributed by atoms with Gasteiger partial charge in [-0.1, -0.05) is 48.5 Å². The molecule has 4 rings (SSSR count). The molecule has 0 amide bonds. The van der Waals surface area contributed by atoms with E-state index in [9.17, 15) is 19.5 Å². The van der Waals surface area contributed by atoms with E-state index in [2.05, 4.69) is 10.6 Å². The van der Waals surface area contributed by atoms with Gasteiger partial charge in [0.1, 0.15) is 11.3 Å². The van der Waals surface area contributed by atoms with Crippen LogP contribution in [0.1, 0.15) is 40.9 Å². The standard InChI is InChI=1S/C28H26N2O6/c1-16-14-20(17(2)30-22-11-7-6-10-19(22)28(34)35)27-21(15-16)25(33)24(29-13-12-23(31)32)26(36-27)18-8-4-3-5-9-18/h3-11,14-15,17,29-30H,12-13H2,1-2H3,(H,31,32)(H,34,35). The summed E-state index contributed by atoms with van der Waals surface area (Å²) in [6.45, 7) is 3.80. The van der Waals surface area contributed by atoms with Gasteiger partial charge in [0, 0.05) is 23.4 Å². The first-order valence-electron chi connectivity index (χ1n) is 11.5. The van der Waals surface area contributed by atoms with Crippen LogP contribution in [0.25, 0.3) is 22.3 Å². The maximum atomic E-state index is 13.7. The molecular formula is C28H26N2O6. The van der Waals surface area contributed by atoms with Gasteiger partial charge in [-0.15, -0.1) is 0 Å². The molecule has 8 heteroatoms. The summed E-state index contributed by atoms with van der Waals surface area (Å²) in [5, 5.41) is 25.2. The fourth-order valence-electron chi connectivity index (χ4n) is 4.15. The smallest absolute Gasteiger partial charge is 0.337 e. The van der Waals surface area contributed by atoms with E-state index < -0.39 is 18.0 Å². The molecule has 0 aliphatic heterocycles. The molecule has 0 aliphatic carbocycles. The van der Waals surface area contributed by atoms with Crippen molar-refractivity contribution in [1.82, 2.24) is 0 Å². The number of nitrogens with one attached hydrogen (secondary N) is 2. The van der Waals surface area contributed by atoms with Crippen LogP contribution in [0.4, 0.5) is 11.4 Å². The van der Waals surface area contributed by atoms with E-state index in [1.807, 2.05) is 50.2 Å². The summed E-state index contributed by atoms with van der Waals surface area (Å²) < 4.78 is 6.37. The minimum atomic E-state index is -1.05. The Morgan fingerprint density at radius 2 is 1.69 bits per heavy atom. The lowest BCUT2D eigenvalue weighted by Gasteiger charge is -2.20. The molecule has 36 heavy (non-hydrogen) atoms. The summed E-state index contributed by atoms with van der Waals surface area (Å²) in [5.74, 6) is -1.72.